The summed E-state index contributed by atoms with van der Waals surface area (Å²) >= 11 is 6.04. The van der Waals surface area contributed by atoms with E-state index in [9.17, 15) is 4.79 Å². The van der Waals surface area contributed by atoms with Crippen LogP contribution < -0.4 is 0 Å². The van der Waals surface area contributed by atoms with Crippen LogP contribution in [0, 0.1) is 6.92 Å². The van der Waals surface area contributed by atoms with Crippen LogP contribution in [0.5, 0.6) is 0 Å². The van der Waals surface area contributed by atoms with E-state index in [0.717, 1.165) is 38.4 Å². The van der Waals surface area contributed by atoms with E-state index in [2.05, 4.69) is 19.9 Å². The van der Waals surface area contributed by atoms with Crippen molar-refractivity contribution < 1.29 is 4.79 Å². The van der Waals surface area contributed by atoms with E-state index in [1.54, 1.807) is 25.4 Å². The fourth-order valence-electron chi connectivity index (χ4n) is 2.84. The molecule has 0 aliphatic carbocycles. The molecule has 0 bridgehead atoms. The minimum Gasteiger partial charge on any atom is -0.336 e. The second kappa shape index (κ2) is 7.27. The number of aromatic nitrogens is 4. The molecule has 0 radical (unpaired) electrons. The molecule has 1 fully saturated rings. The van der Waals surface area contributed by atoms with Crippen molar-refractivity contribution in [2.45, 2.75) is 19.9 Å². The third-order valence-electron chi connectivity index (χ3n) is 4.26. The van der Waals surface area contributed by atoms with Gasteiger partial charge in [0.05, 0.1) is 12.7 Å². The first-order chi connectivity index (χ1) is 11.5. The molecule has 0 aromatic carbocycles. The van der Waals surface area contributed by atoms with Crippen molar-refractivity contribution in [2.75, 3.05) is 26.2 Å². The number of nitrogens with zero attached hydrogens (tertiary/aromatic N) is 6. The summed E-state index contributed by atoms with van der Waals surface area (Å²) in [5, 5.41) is 0.635. The Morgan fingerprint density at radius 2 is 2.08 bits per heavy atom. The van der Waals surface area contributed by atoms with Crippen molar-refractivity contribution >= 4 is 17.5 Å². The van der Waals surface area contributed by atoms with Gasteiger partial charge in [0.1, 0.15) is 22.5 Å². The molecule has 7 nitrogen and oxygen atoms in total. The molecule has 0 atom stereocenters. The Morgan fingerprint density at radius 1 is 1.25 bits per heavy atom. The maximum absolute atomic E-state index is 12.6. The molecule has 0 unspecified atom stereocenters. The molecular weight excluding hydrogens is 328 g/mol. The summed E-state index contributed by atoms with van der Waals surface area (Å²) in [4.78, 5) is 29.4. The minimum absolute atomic E-state index is 0.0256. The highest BCUT2D eigenvalue weighted by Crippen LogP contribution is 2.13. The van der Waals surface area contributed by atoms with Gasteiger partial charge in [-0.1, -0.05) is 11.6 Å². The highest BCUT2D eigenvalue weighted by molar-refractivity contribution is 6.29. The zero-order chi connectivity index (χ0) is 17.1. The van der Waals surface area contributed by atoms with Crippen LogP contribution in [0.25, 0.3) is 0 Å². The summed E-state index contributed by atoms with van der Waals surface area (Å²) in [5.41, 5.74) is 0.465. The van der Waals surface area contributed by atoms with Crippen LogP contribution in [0.15, 0.2) is 18.5 Å². The van der Waals surface area contributed by atoms with Crippen molar-refractivity contribution in [3.05, 3.63) is 41.0 Å². The van der Waals surface area contributed by atoms with E-state index >= 15 is 0 Å². The van der Waals surface area contributed by atoms with Gasteiger partial charge in [0, 0.05) is 39.4 Å². The van der Waals surface area contributed by atoms with Crippen LogP contribution in [-0.4, -0.2) is 61.4 Å². The van der Waals surface area contributed by atoms with Gasteiger partial charge in [0.25, 0.3) is 5.91 Å². The number of hydrogen-bond donors (Lipinski definition) is 0. The standard InChI is InChI=1S/C16H21ClN6O/c1-12-18-5-4-13(20-12)16(24)23-7-3-6-22(8-9-23)11-15-19-10-14(17)21(15)2/h4-5,10H,3,6-9,11H2,1-2H3. The molecule has 3 rings (SSSR count). The Hall–Kier alpha value is -1.99. The zero-order valence-corrected chi connectivity index (χ0v) is 14.7. The topological polar surface area (TPSA) is 67.2 Å². The fraction of sp³-hybridized carbons (Fsp3) is 0.500. The number of aryl methyl sites for hydroxylation is 1. The van der Waals surface area contributed by atoms with Gasteiger partial charge in [0.2, 0.25) is 0 Å². The van der Waals surface area contributed by atoms with Crippen LogP contribution >= 0.6 is 11.6 Å². The van der Waals surface area contributed by atoms with Crippen molar-refractivity contribution in [3.63, 3.8) is 0 Å². The van der Waals surface area contributed by atoms with Gasteiger partial charge in [-0.3, -0.25) is 9.69 Å². The Morgan fingerprint density at radius 3 is 2.79 bits per heavy atom. The molecule has 128 valence electrons. The lowest BCUT2D eigenvalue weighted by molar-refractivity contribution is 0.0754. The molecule has 0 saturated carbocycles. The Labute approximate surface area is 146 Å². The van der Waals surface area contributed by atoms with Crippen LogP contribution in [0.2, 0.25) is 5.15 Å². The van der Waals surface area contributed by atoms with E-state index in [1.807, 2.05) is 16.5 Å². The maximum atomic E-state index is 12.6. The zero-order valence-electron chi connectivity index (χ0n) is 13.9. The van der Waals surface area contributed by atoms with E-state index in [4.69, 9.17) is 11.6 Å². The average Bonchev–Trinajstić information content (AvgIpc) is 2.78. The number of halogens is 1. The fourth-order valence-corrected chi connectivity index (χ4v) is 2.99. The lowest BCUT2D eigenvalue weighted by Crippen LogP contribution is -2.35. The second-order valence-corrected chi connectivity index (χ2v) is 6.35. The van der Waals surface area contributed by atoms with Gasteiger partial charge < -0.3 is 9.47 Å². The highest BCUT2D eigenvalue weighted by atomic mass is 35.5. The molecule has 1 saturated heterocycles. The number of imidazole rings is 1. The predicted octanol–water partition coefficient (Wildman–Crippen LogP) is 1.52. The van der Waals surface area contributed by atoms with Gasteiger partial charge >= 0.3 is 0 Å². The quantitative estimate of drug-likeness (QED) is 0.841. The molecular formula is C16H21ClN6O. The van der Waals surface area contributed by atoms with E-state index in [-0.39, 0.29) is 5.91 Å². The van der Waals surface area contributed by atoms with Crippen molar-refractivity contribution in [3.8, 4) is 0 Å². The van der Waals surface area contributed by atoms with Crippen LogP contribution in [0.3, 0.4) is 0 Å². The third-order valence-corrected chi connectivity index (χ3v) is 4.61. The molecule has 2 aromatic heterocycles. The van der Waals surface area contributed by atoms with Gasteiger partial charge in [-0.25, -0.2) is 15.0 Å². The van der Waals surface area contributed by atoms with Gasteiger partial charge in [0.15, 0.2) is 0 Å². The largest absolute Gasteiger partial charge is 0.336 e. The summed E-state index contributed by atoms with van der Waals surface area (Å²) < 4.78 is 1.89. The summed E-state index contributed by atoms with van der Waals surface area (Å²) in [6.45, 7) is 5.67. The molecule has 2 aromatic rings. The van der Waals surface area contributed by atoms with Crippen LogP contribution in [-0.2, 0) is 13.6 Å². The smallest absolute Gasteiger partial charge is 0.272 e. The van der Waals surface area contributed by atoms with E-state index in [1.165, 1.54) is 0 Å². The van der Waals surface area contributed by atoms with Crippen molar-refractivity contribution in [1.29, 1.82) is 0 Å². The maximum Gasteiger partial charge on any atom is 0.272 e. The van der Waals surface area contributed by atoms with Crippen molar-refractivity contribution in [1.82, 2.24) is 29.3 Å². The number of amides is 1. The normalized spacial score (nSPS) is 16.2. The minimum atomic E-state index is -0.0256. The van der Waals surface area contributed by atoms with Crippen LogP contribution in [0.4, 0.5) is 0 Å². The molecule has 1 aliphatic rings. The average molecular weight is 349 g/mol. The predicted molar refractivity (Wildman–Crippen MR) is 90.8 cm³/mol. The lowest BCUT2D eigenvalue weighted by atomic mass is 10.3. The molecule has 8 heteroatoms. The molecule has 24 heavy (non-hydrogen) atoms. The molecule has 3 heterocycles. The number of rotatable bonds is 3. The Kier molecular flexibility index (Phi) is 5.11. The van der Waals surface area contributed by atoms with E-state index in [0.29, 0.717) is 23.2 Å². The summed E-state index contributed by atoms with van der Waals surface area (Å²) in [6.07, 6.45) is 4.22. The van der Waals surface area contributed by atoms with Gasteiger partial charge in [-0.2, -0.15) is 0 Å². The Bertz CT molecular complexity index is 731. The number of hydrogen-bond acceptors (Lipinski definition) is 5. The molecule has 0 spiro atoms. The van der Waals surface area contributed by atoms with Gasteiger partial charge in [-0.15, -0.1) is 0 Å². The SMILES string of the molecule is Cc1nccc(C(=O)N2CCCN(Cc3ncc(Cl)n3C)CC2)n1. The monoisotopic (exact) mass is 348 g/mol. The number of carbonyl (C=O) groups is 1. The third kappa shape index (κ3) is 3.73. The molecule has 1 amide bonds. The van der Waals surface area contributed by atoms with Gasteiger partial charge in [-0.05, 0) is 19.4 Å². The highest BCUT2D eigenvalue weighted by Gasteiger charge is 2.22. The first kappa shape index (κ1) is 16.9. The first-order valence-corrected chi connectivity index (χ1v) is 8.40. The van der Waals surface area contributed by atoms with E-state index < -0.39 is 0 Å². The van der Waals surface area contributed by atoms with Crippen LogP contribution in [0.1, 0.15) is 28.6 Å². The summed E-state index contributed by atoms with van der Waals surface area (Å²) in [7, 11) is 1.91. The second-order valence-electron chi connectivity index (χ2n) is 5.97. The Balaban J connectivity index is 1.62. The lowest BCUT2D eigenvalue weighted by Gasteiger charge is -2.21. The summed E-state index contributed by atoms with van der Waals surface area (Å²) in [5.74, 6) is 1.53. The first-order valence-electron chi connectivity index (χ1n) is 8.02. The molecule has 1 aliphatic heterocycles. The number of carbonyl (C=O) groups excluding carboxylic acids is 1. The molecule has 0 N–H and O–H groups in total. The van der Waals surface area contributed by atoms with Crippen molar-refractivity contribution in [2.24, 2.45) is 7.05 Å². The summed E-state index contributed by atoms with van der Waals surface area (Å²) in [6, 6.07) is 1.67.